The molecule has 0 spiro atoms. The minimum absolute atomic E-state index is 0.0386. The highest BCUT2D eigenvalue weighted by Gasteiger charge is 2.40. The minimum atomic E-state index is -0.610. The Hall–Kier alpha value is -0.860. The van der Waals surface area contributed by atoms with Gasteiger partial charge in [0.1, 0.15) is 0 Å². The molecule has 1 aromatic carbocycles. The van der Waals surface area contributed by atoms with E-state index in [2.05, 4.69) is 0 Å². The van der Waals surface area contributed by atoms with Gasteiger partial charge in [-0.15, -0.1) is 0 Å². The Kier molecular flexibility index (Phi) is 3.46. The Morgan fingerprint density at radius 2 is 1.56 bits per heavy atom. The fourth-order valence-electron chi connectivity index (χ4n) is 1.25. The van der Waals surface area contributed by atoms with Crippen LogP contribution in [0.5, 0.6) is 0 Å². The van der Waals surface area contributed by atoms with Crippen LogP contribution < -0.4 is 5.73 Å². The predicted molar refractivity (Wildman–Crippen MR) is 67.8 cm³/mol. The van der Waals surface area contributed by atoms with Crippen molar-refractivity contribution in [3.8, 4) is 0 Å². The highest BCUT2D eigenvalue weighted by atomic mass is 35.5. The summed E-state index contributed by atoms with van der Waals surface area (Å²) in [6, 6.07) is 6.90. The summed E-state index contributed by atoms with van der Waals surface area (Å²) in [4.78, 5) is 12.3. The van der Waals surface area contributed by atoms with Crippen molar-refractivity contribution in [1.82, 2.24) is 0 Å². The maximum Gasteiger partial charge on any atom is 0.170 e. The van der Waals surface area contributed by atoms with Crippen molar-refractivity contribution in [3.05, 3.63) is 34.9 Å². The molecule has 0 aliphatic carbocycles. The van der Waals surface area contributed by atoms with Gasteiger partial charge < -0.3 is 5.73 Å². The summed E-state index contributed by atoms with van der Waals surface area (Å²) in [7, 11) is 0. The van der Waals surface area contributed by atoms with Gasteiger partial charge in [0.15, 0.2) is 5.78 Å². The van der Waals surface area contributed by atoms with E-state index in [4.69, 9.17) is 17.3 Å². The zero-order valence-electron chi connectivity index (χ0n) is 10.2. The Morgan fingerprint density at radius 3 is 1.94 bits per heavy atom. The van der Waals surface area contributed by atoms with E-state index >= 15 is 0 Å². The quantitative estimate of drug-likeness (QED) is 0.823. The Balaban J connectivity index is 3.07. The molecule has 0 aromatic heterocycles. The molecule has 2 nitrogen and oxygen atoms in total. The smallest absolute Gasteiger partial charge is 0.170 e. The summed E-state index contributed by atoms with van der Waals surface area (Å²) in [6.07, 6.45) is 0. The van der Waals surface area contributed by atoms with Crippen LogP contribution in [0, 0.1) is 5.41 Å². The molecule has 0 heterocycles. The lowest BCUT2D eigenvalue weighted by atomic mass is 9.70. The van der Waals surface area contributed by atoms with Gasteiger partial charge in [-0.1, -0.05) is 25.4 Å². The van der Waals surface area contributed by atoms with Crippen LogP contribution in [0.4, 0.5) is 0 Å². The molecule has 0 aliphatic rings. The summed E-state index contributed by atoms with van der Waals surface area (Å²) in [5.74, 6) is 0.0386. The largest absolute Gasteiger partial charge is 0.325 e. The van der Waals surface area contributed by atoms with Crippen LogP contribution in [0.15, 0.2) is 24.3 Å². The normalized spacial score (nSPS) is 12.6. The first-order chi connectivity index (χ1) is 7.16. The van der Waals surface area contributed by atoms with Crippen molar-refractivity contribution in [2.24, 2.45) is 11.1 Å². The van der Waals surface area contributed by atoms with Crippen molar-refractivity contribution < 1.29 is 4.79 Å². The minimum Gasteiger partial charge on any atom is -0.325 e. The molecule has 0 saturated carbocycles. The lowest BCUT2D eigenvalue weighted by Crippen LogP contribution is -2.51. The third-order valence-corrected chi connectivity index (χ3v) is 3.54. The Morgan fingerprint density at radius 1 is 1.12 bits per heavy atom. The van der Waals surface area contributed by atoms with Crippen LogP contribution in [0.25, 0.3) is 0 Å². The highest BCUT2D eigenvalue weighted by molar-refractivity contribution is 6.30. The molecule has 0 atom stereocenters. The summed E-state index contributed by atoms with van der Waals surface area (Å²) in [6.45, 7) is 7.45. The second-order valence-corrected chi connectivity index (χ2v) is 5.62. The first-order valence-electron chi connectivity index (χ1n) is 5.25. The fraction of sp³-hybridized carbons (Fsp3) is 0.462. The zero-order chi connectivity index (χ0) is 12.6. The molecule has 2 N–H and O–H groups in total. The van der Waals surface area contributed by atoms with Gasteiger partial charge >= 0.3 is 0 Å². The van der Waals surface area contributed by atoms with Crippen LogP contribution in [0.2, 0.25) is 5.02 Å². The molecule has 16 heavy (non-hydrogen) atoms. The van der Waals surface area contributed by atoms with E-state index in [-0.39, 0.29) is 5.78 Å². The van der Waals surface area contributed by atoms with Gasteiger partial charge in [-0.05, 0) is 38.1 Å². The molecule has 0 bridgehead atoms. The van der Waals surface area contributed by atoms with Gasteiger partial charge in [-0.3, -0.25) is 4.79 Å². The van der Waals surface area contributed by atoms with E-state index < -0.39 is 11.0 Å². The number of carbonyl (C=O) groups is 1. The molecule has 1 rings (SSSR count). The molecular formula is C13H18ClNO. The molecular weight excluding hydrogens is 222 g/mol. The zero-order valence-corrected chi connectivity index (χ0v) is 10.9. The number of ketones is 1. The van der Waals surface area contributed by atoms with E-state index in [0.717, 1.165) is 0 Å². The molecule has 0 unspecified atom stereocenters. The SMILES string of the molecule is CC(C)(N)C(C)(C)C(=O)c1ccc(Cl)cc1. The van der Waals surface area contributed by atoms with E-state index in [9.17, 15) is 4.79 Å². The van der Waals surface area contributed by atoms with Crippen LogP contribution in [-0.4, -0.2) is 11.3 Å². The van der Waals surface area contributed by atoms with E-state index in [1.165, 1.54) is 0 Å². The molecule has 0 saturated heterocycles. The molecule has 1 aromatic rings. The average Bonchev–Trinajstić information content (AvgIpc) is 2.16. The van der Waals surface area contributed by atoms with Gasteiger partial charge in [0, 0.05) is 21.5 Å². The van der Waals surface area contributed by atoms with Gasteiger partial charge in [0.25, 0.3) is 0 Å². The first kappa shape index (κ1) is 13.2. The lowest BCUT2D eigenvalue weighted by molar-refractivity contribution is 0.0735. The number of carbonyl (C=O) groups excluding carboxylic acids is 1. The number of hydrogen-bond donors (Lipinski definition) is 1. The van der Waals surface area contributed by atoms with Crippen LogP contribution in [-0.2, 0) is 0 Å². The number of halogens is 1. The number of Topliss-reactive ketones (excluding diaryl/α,β-unsaturated/α-hetero) is 1. The van der Waals surface area contributed by atoms with Crippen LogP contribution >= 0.6 is 11.6 Å². The number of benzene rings is 1. The summed E-state index contributed by atoms with van der Waals surface area (Å²) >= 11 is 5.78. The monoisotopic (exact) mass is 239 g/mol. The molecule has 3 heteroatoms. The van der Waals surface area contributed by atoms with Crippen molar-refractivity contribution in [2.45, 2.75) is 33.2 Å². The maximum atomic E-state index is 12.3. The van der Waals surface area contributed by atoms with Crippen molar-refractivity contribution in [3.63, 3.8) is 0 Å². The van der Waals surface area contributed by atoms with Gasteiger partial charge in [0.2, 0.25) is 0 Å². The summed E-state index contributed by atoms with van der Waals surface area (Å²) < 4.78 is 0. The summed E-state index contributed by atoms with van der Waals surface area (Å²) in [5, 5.41) is 0.626. The third kappa shape index (κ3) is 2.45. The average molecular weight is 240 g/mol. The van der Waals surface area contributed by atoms with E-state index in [1.807, 2.05) is 27.7 Å². The third-order valence-electron chi connectivity index (χ3n) is 3.28. The van der Waals surface area contributed by atoms with Crippen molar-refractivity contribution in [1.29, 1.82) is 0 Å². The van der Waals surface area contributed by atoms with Crippen LogP contribution in [0.3, 0.4) is 0 Å². The number of rotatable bonds is 3. The first-order valence-corrected chi connectivity index (χ1v) is 5.63. The second-order valence-electron chi connectivity index (χ2n) is 5.18. The molecule has 0 fully saturated rings. The molecule has 88 valence electrons. The molecule has 0 radical (unpaired) electrons. The molecule has 0 aliphatic heterocycles. The number of nitrogens with two attached hydrogens (primary N) is 1. The summed E-state index contributed by atoms with van der Waals surface area (Å²) in [5.41, 5.74) is 5.50. The van der Waals surface area contributed by atoms with E-state index in [1.54, 1.807) is 24.3 Å². The van der Waals surface area contributed by atoms with Gasteiger partial charge in [-0.2, -0.15) is 0 Å². The van der Waals surface area contributed by atoms with E-state index in [0.29, 0.717) is 10.6 Å². The van der Waals surface area contributed by atoms with Crippen molar-refractivity contribution >= 4 is 17.4 Å². The fourth-order valence-corrected chi connectivity index (χ4v) is 1.38. The van der Waals surface area contributed by atoms with Crippen LogP contribution in [0.1, 0.15) is 38.1 Å². The Bertz CT molecular complexity index is 387. The Labute approximate surface area is 102 Å². The topological polar surface area (TPSA) is 43.1 Å². The second kappa shape index (κ2) is 4.19. The highest BCUT2D eigenvalue weighted by Crippen LogP contribution is 2.32. The molecule has 0 amide bonds. The standard InChI is InChI=1S/C13H18ClNO/c1-12(2,13(3,4)15)11(16)9-5-7-10(14)8-6-9/h5-8H,15H2,1-4H3. The van der Waals surface area contributed by atoms with Gasteiger partial charge in [-0.25, -0.2) is 0 Å². The lowest BCUT2D eigenvalue weighted by Gasteiger charge is -2.37. The number of hydrogen-bond acceptors (Lipinski definition) is 2. The van der Waals surface area contributed by atoms with Gasteiger partial charge in [0.05, 0.1) is 0 Å². The van der Waals surface area contributed by atoms with Crippen molar-refractivity contribution in [2.75, 3.05) is 0 Å². The predicted octanol–water partition coefficient (Wildman–Crippen LogP) is 3.29. The maximum absolute atomic E-state index is 12.3.